The Morgan fingerprint density at radius 1 is 1.02 bits per heavy atom. The van der Waals surface area contributed by atoms with Crippen molar-refractivity contribution in [2.45, 2.75) is 33.4 Å². The van der Waals surface area contributed by atoms with E-state index in [1.807, 2.05) is 73.7 Å². The fourth-order valence-corrected chi connectivity index (χ4v) is 6.16. The molecule has 1 atom stereocenters. The number of rotatable bonds is 10. The predicted molar refractivity (Wildman–Crippen MR) is 169 cm³/mol. The van der Waals surface area contributed by atoms with Crippen molar-refractivity contribution in [1.29, 1.82) is 0 Å². The molecule has 0 saturated carbocycles. The minimum atomic E-state index is -0.816. The molecule has 4 aromatic rings. The van der Waals surface area contributed by atoms with E-state index in [2.05, 4.69) is 20.9 Å². The lowest BCUT2D eigenvalue weighted by Crippen LogP contribution is -2.40. The summed E-state index contributed by atoms with van der Waals surface area (Å²) in [6.07, 6.45) is 1.82. The van der Waals surface area contributed by atoms with Crippen molar-refractivity contribution in [2.24, 2.45) is 4.99 Å². The van der Waals surface area contributed by atoms with Crippen LogP contribution in [0.15, 0.2) is 92.3 Å². The first-order valence-corrected chi connectivity index (χ1v) is 15.4. The van der Waals surface area contributed by atoms with Crippen molar-refractivity contribution in [2.75, 3.05) is 20.3 Å². The average molecular weight is 664 g/mol. The zero-order chi connectivity index (χ0) is 30.5. The second-order valence-corrected chi connectivity index (χ2v) is 11.5. The van der Waals surface area contributed by atoms with Gasteiger partial charge >= 0.3 is 5.97 Å². The molecule has 1 aliphatic heterocycles. The molecule has 0 aliphatic carbocycles. The van der Waals surface area contributed by atoms with Gasteiger partial charge in [-0.1, -0.05) is 63.7 Å². The first-order valence-electron chi connectivity index (χ1n) is 13.8. The number of carbonyl (C=O) groups is 1. The fourth-order valence-electron chi connectivity index (χ4n) is 4.85. The van der Waals surface area contributed by atoms with Crippen LogP contribution in [0, 0.1) is 0 Å². The van der Waals surface area contributed by atoms with E-state index in [4.69, 9.17) is 18.9 Å². The molecule has 10 heteroatoms. The molecule has 0 fully saturated rings. The molecular formula is C33H31BrN2O6S. The maximum absolute atomic E-state index is 14.0. The molecular weight excluding hydrogens is 632 g/mol. The van der Waals surface area contributed by atoms with Crippen LogP contribution in [0.2, 0.25) is 0 Å². The Labute approximate surface area is 261 Å². The lowest BCUT2D eigenvalue weighted by Gasteiger charge is -2.26. The molecule has 8 nitrogen and oxygen atoms in total. The van der Waals surface area contributed by atoms with Crippen molar-refractivity contribution < 1.29 is 23.7 Å². The summed E-state index contributed by atoms with van der Waals surface area (Å²) in [6.45, 7) is 6.37. The van der Waals surface area contributed by atoms with Crippen molar-refractivity contribution in [3.8, 4) is 17.2 Å². The molecule has 222 valence electrons. The molecule has 1 aromatic heterocycles. The molecule has 0 unspecified atom stereocenters. The monoisotopic (exact) mass is 662 g/mol. The second kappa shape index (κ2) is 13.4. The molecule has 0 radical (unpaired) electrons. The number of para-hydroxylation sites is 1. The zero-order valence-electron chi connectivity index (χ0n) is 24.3. The third-order valence-electron chi connectivity index (χ3n) is 6.83. The maximum Gasteiger partial charge on any atom is 0.338 e. The van der Waals surface area contributed by atoms with Crippen LogP contribution in [-0.2, 0) is 16.1 Å². The first-order chi connectivity index (χ1) is 20.8. The second-order valence-electron chi connectivity index (χ2n) is 9.60. The van der Waals surface area contributed by atoms with Gasteiger partial charge in [-0.25, -0.2) is 9.79 Å². The summed E-state index contributed by atoms with van der Waals surface area (Å²) in [5, 5.41) is 0. The summed E-state index contributed by atoms with van der Waals surface area (Å²) in [5.74, 6) is 1.15. The average Bonchev–Trinajstić information content (AvgIpc) is 3.31. The van der Waals surface area contributed by atoms with Crippen LogP contribution in [0.25, 0.3) is 6.08 Å². The number of ether oxygens (including phenoxy) is 4. The van der Waals surface area contributed by atoms with Crippen LogP contribution >= 0.6 is 27.3 Å². The van der Waals surface area contributed by atoms with Gasteiger partial charge in [-0.05, 0) is 68.3 Å². The predicted octanol–water partition coefficient (Wildman–Crippen LogP) is 5.55. The van der Waals surface area contributed by atoms with Crippen LogP contribution in [0.1, 0.15) is 43.5 Å². The summed E-state index contributed by atoms with van der Waals surface area (Å²) in [6, 6.07) is 20.1. The number of fused-ring (bicyclic) bond motifs is 1. The number of benzene rings is 3. The minimum absolute atomic E-state index is 0.187. The number of thiazole rings is 1. The molecule has 0 N–H and O–H groups in total. The zero-order valence-corrected chi connectivity index (χ0v) is 26.7. The third kappa shape index (κ3) is 6.45. The smallest absolute Gasteiger partial charge is 0.338 e. The van der Waals surface area contributed by atoms with Crippen molar-refractivity contribution in [1.82, 2.24) is 4.57 Å². The summed E-state index contributed by atoms with van der Waals surface area (Å²) >= 11 is 4.71. The topological polar surface area (TPSA) is 88.4 Å². The number of carbonyl (C=O) groups excluding carboxylic acids is 1. The van der Waals surface area contributed by atoms with Crippen molar-refractivity contribution >= 4 is 39.3 Å². The Kier molecular flexibility index (Phi) is 9.47. The van der Waals surface area contributed by atoms with E-state index in [1.165, 1.54) is 11.3 Å². The van der Waals surface area contributed by atoms with E-state index in [0.29, 0.717) is 45.3 Å². The molecule has 0 amide bonds. The number of aromatic nitrogens is 1. The van der Waals surface area contributed by atoms with Crippen molar-refractivity contribution in [3.63, 3.8) is 0 Å². The minimum Gasteiger partial charge on any atom is -0.493 e. The van der Waals surface area contributed by atoms with Crippen LogP contribution in [0.3, 0.4) is 0 Å². The van der Waals surface area contributed by atoms with Gasteiger partial charge in [-0.15, -0.1) is 0 Å². The number of esters is 1. The van der Waals surface area contributed by atoms with Gasteiger partial charge in [0.1, 0.15) is 18.4 Å². The molecule has 0 bridgehead atoms. The lowest BCUT2D eigenvalue weighted by atomic mass is 9.94. The van der Waals surface area contributed by atoms with Gasteiger partial charge in [0.25, 0.3) is 5.56 Å². The van der Waals surface area contributed by atoms with Crippen LogP contribution < -0.4 is 29.1 Å². The number of methoxy groups -OCH3 is 1. The fraction of sp³-hybridized carbons (Fsp3) is 0.242. The van der Waals surface area contributed by atoms with Gasteiger partial charge in [0.2, 0.25) is 0 Å². The van der Waals surface area contributed by atoms with E-state index < -0.39 is 12.0 Å². The number of halogens is 1. The Morgan fingerprint density at radius 2 is 1.77 bits per heavy atom. The number of hydrogen-bond donors (Lipinski definition) is 0. The van der Waals surface area contributed by atoms with E-state index in [9.17, 15) is 9.59 Å². The van der Waals surface area contributed by atoms with Gasteiger partial charge in [0.15, 0.2) is 16.3 Å². The third-order valence-corrected chi connectivity index (χ3v) is 8.34. The Bertz CT molecular complexity index is 1840. The highest BCUT2D eigenvalue weighted by Gasteiger charge is 2.36. The first kappa shape index (κ1) is 30.3. The molecule has 1 aliphatic rings. The number of nitrogens with zero attached hydrogens (tertiary/aromatic N) is 2. The Hall–Kier alpha value is -4.15. The molecule has 0 saturated heterocycles. The van der Waals surface area contributed by atoms with E-state index in [1.54, 1.807) is 31.6 Å². The normalized spacial score (nSPS) is 14.6. The maximum atomic E-state index is 14.0. The summed E-state index contributed by atoms with van der Waals surface area (Å²) in [7, 11) is 1.55. The van der Waals surface area contributed by atoms with Gasteiger partial charge in [0, 0.05) is 10.0 Å². The van der Waals surface area contributed by atoms with Gasteiger partial charge < -0.3 is 18.9 Å². The summed E-state index contributed by atoms with van der Waals surface area (Å²) in [4.78, 5) is 32.4. The van der Waals surface area contributed by atoms with Gasteiger partial charge in [-0.2, -0.15) is 0 Å². The Balaban J connectivity index is 1.55. The lowest BCUT2D eigenvalue weighted by molar-refractivity contribution is -0.139. The van der Waals surface area contributed by atoms with Crippen LogP contribution in [0.5, 0.6) is 17.2 Å². The Morgan fingerprint density at radius 3 is 2.44 bits per heavy atom. The quantitative estimate of drug-likeness (QED) is 0.207. The van der Waals surface area contributed by atoms with Crippen LogP contribution in [0.4, 0.5) is 0 Å². The van der Waals surface area contributed by atoms with E-state index in [0.717, 1.165) is 21.3 Å². The number of allylic oxidation sites excluding steroid dienone is 1. The van der Waals surface area contributed by atoms with E-state index >= 15 is 0 Å². The highest BCUT2D eigenvalue weighted by molar-refractivity contribution is 9.10. The van der Waals surface area contributed by atoms with Crippen LogP contribution in [-0.4, -0.2) is 30.9 Å². The summed E-state index contributed by atoms with van der Waals surface area (Å²) in [5.41, 5.74) is 2.98. The van der Waals surface area contributed by atoms with Gasteiger partial charge in [0.05, 0.1) is 36.1 Å². The molecule has 5 rings (SSSR count). The highest BCUT2D eigenvalue weighted by Crippen LogP contribution is 2.40. The summed E-state index contributed by atoms with van der Waals surface area (Å²) < 4.78 is 26.0. The number of hydrogen-bond acceptors (Lipinski definition) is 8. The highest BCUT2D eigenvalue weighted by atomic mass is 79.9. The molecule has 3 aromatic carbocycles. The SMILES string of the molecule is CCOC(=O)C1=C(C)N=c2s/c(=C/c3ccc(OCc4ccc(Br)cc4)cc3)c(=O)n2[C@@H]1c1cccc(OC)c1OCC. The molecule has 0 spiro atoms. The molecule has 43 heavy (non-hydrogen) atoms. The van der Waals surface area contributed by atoms with Gasteiger partial charge in [-0.3, -0.25) is 9.36 Å². The molecule has 2 heterocycles. The standard InChI is InChI=1S/C33H31BrN2O6S/c1-5-40-30-25(8-7-9-26(30)39-4)29-28(32(38)41-6-2)20(3)35-33-36(29)31(37)27(43-33)18-21-12-16-24(17-13-21)42-19-22-10-14-23(34)15-11-22/h7-18,29H,5-6,19H2,1-4H3/b27-18+/t29-/m1/s1. The largest absolute Gasteiger partial charge is 0.493 e. The van der Waals surface area contributed by atoms with Crippen molar-refractivity contribution in [3.05, 3.63) is 119 Å². The van der Waals surface area contributed by atoms with E-state index in [-0.39, 0.29) is 17.7 Å².